The molecule has 1 aliphatic heterocycles. The topological polar surface area (TPSA) is 52.6 Å². The lowest BCUT2D eigenvalue weighted by atomic mass is 10.1. The lowest BCUT2D eigenvalue weighted by Crippen LogP contribution is -2.00. The quantitative estimate of drug-likeness (QED) is 0.638. The van der Waals surface area contributed by atoms with Crippen molar-refractivity contribution in [3.63, 3.8) is 0 Å². The number of rotatable bonds is 3. The van der Waals surface area contributed by atoms with E-state index in [1.165, 1.54) is 7.11 Å². The molecule has 2 aromatic rings. The molecule has 4 nitrogen and oxygen atoms in total. The Balaban J connectivity index is 1.85. The van der Waals surface area contributed by atoms with Crippen LogP contribution in [0.25, 0.3) is 11.8 Å². The summed E-state index contributed by atoms with van der Waals surface area (Å²) in [5.74, 6) is -0.240. The predicted molar refractivity (Wildman–Crippen MR) is 91.0 cm³/mol. The van der Waals surface area contributed by atoms with E-state index in [0.717, 1.165) is 16.7 Å². The minimum atomic E-state index is -0.393. The largest absolute Gasteiger partial charge is 0.465 e. The molecule has 4 heteroatoms. The van der Waals surface area contributed by atoms with E-state index in [4.69, 9.17) is 4.74 Å². The number of cyclic esters (lactones) is 1. The van der Waals surface area contributed by atoms with Gasteiger partial charge in [-0.1, -0.05) is 42.0 Å². The lowest BCUT2D eigenvalue weighted by molar-refractivity contribution is -0.130. The van der Waals surface area contributed by atoms with Crippen LogP contribution in [0.3, 0.4) is 0 Å². The van der Waals surface area contributed by atoms with E-state index in [0.29, 0.717) is 16.9 Å². The number of carbonyl (C=O) groups is 2. The van der Waals surface area contributed by atoms with Crippen LogP contribution in [-0.4, -0.2) is 19.0 Å². The van der Waals surface area contributed by atoms with Crippen LogP contribution in [0, 0.1) is 6.92 Å². The number of hydrogen-bond donors (Lipinski definition) is 0. The van der Waals surface area contributed by atoms with Crippen molar-refractivity contribution in [1.29, 1.82) is 0 Å². The van der Waals surface area contributed by atoms with Gasteiger partial charge in [0.2, 0.25) is 0 Å². The molecule has 0 atom stereocenters. The first-order valence-corrected chi connectivity index (χ1v) is 7.48. The first-order chi connectivity index (χ1) is 11.6. The van der Waals surface area contributed by atoms with Crippen LogP contribution in [-0.2, 0) is 14.3 Å². The maximum atomic E-state index is 12.0. The van der Waals surface area contributed by atoms with E-state index in [1.807, 2.05) is 31.2 Å². The molecule has 0 unspecified atom stereocenters. The highest BCUT2D eigenvalue weighted by molar-refractivity contribution is 6.05. The molecule has 0 bridgehead atoms. The zero-order chi connectivity index (χ0) is 17.1. The lowest BCUT2D eigenvalue weighted by Gasteiger charge is -2.01. The van der Waals surface area contributed by atoms with Gasteiger partial charge in [-0.3, -0.25) is 0 Å². The minimum Gasteiger partial charge on any atom is -0.465 e. The maximum absolute atomic E-state index is 12.0. The zero-order valence-electron chi connectivity index (χ0n) is 13.4. The van der Waals surface area contributed by atoms with Crippen molar-refractivity contribution < 1.29 is 19.1 Å². The molecule has 0 spiro atoms. The summed E-state index contributed by atoms with van der Waals surface area (Å²) >= 11 is 0. The second-order valence-corrected chi connectivity index (χ2v) is 5.48. The molecule has 0 saturated heterocycles. The SMILES string of the molecule is COC(=O)c1ccc(/C=C2/C=C(c3ccc(C)cc3)OC2=O)cc1. The number of aryl methyl sites for hydroxylation is 1. The summed E-state index contributed by atoms with van der Waals surface area (Å²) in [6.07, 6.45) is 3.45. The Morgan fingerprint density at radius 3 is 2.33 bits per heavy atom. The Kier molecular flexibility index (Phi) is 4.29. The average Bonchev–Trinajstić information content (AvgIpc) is 2.96. The molecule has 2 aromatic carbocycles. The average molecular weight is 320 g/mol. The molecule has 0 aromatic heterocycles. The molecule has 3 rings (SSSR count). The van der Waals surface area contributed by atoms with E-state index in [2.05, 4.69) is 4.74 Å². The predicted octanol–water partition coefficient (Wildman–Crippen LogP) is 3.76. The summed E-state index contributed by atoms with van der Waals surface area (Å²) in [6, 6.07) is 14.6. The number of esters is 2. The number of carbonyl (C=O) groups excluding carboxylic acids is 2. The van der Waals surface area contributed by atoms with Gasteiger partial charge in [-0.15, -0.1) is 0 Å². The second-order valence-electron chi connectivity index (χ2n) is 5.48. The zero-order valence-corrected chi connectivity index (χ0v) is 13.4. The third-order valence-electron chi connectivity index (χ3n) is 3.71. The third-order valence-corrected chi connectivity index (χ3v) is 3.71. The summed E-state index contributed by atoms with van der Waals surface area (Å²) in [5.41, 5.74) is 3.74. The number of benzene rings is 2. The van der Waals surface area contributed by atoms with E-state index in [-0.39, 0.29) is 5.97 Å². The fourth-order valence-corrected chi connectivity index (χ4v) is 2.36. The molecule has 0 amide bonds. The molecule has 0 N–H and O–H groups in total. The fourth-order valence-electron chi connectivity index (χ4n) is 2.36. The minimum absolute atomic E-state index is 0.386. The molecule has 0 radical (unpaired) electrons. The standard InChI is InChI=1S/C20H16O4/c1-13-3-7-15(8-4-13)18-12-17(20(22)24-18)11-14-5-9-16(10-6-14)19(21)23-2/h3-12H,1-2H3/b17-11-. The molecular weight excluding hydrogens is 304 g/mol. The molecule has 1 aliphatic rings. The molecule has 120 valence electrons. The van der Waals surface area contributed by atoms with Crippen LogP contribution in [0.1, 0.15) is 27.0 Å². The van der Waals surface area contributed by atoms with Crippen LogP contribution < -0.4 is 0 Å². The highest BCUT2D eigenvalue weighted by Crippen LogP contribution is 2.27. The van der Waals surface area contributed by atoms with Gasteiger partial charge in [0.25, 0.3) is 0 Å². The van der Waals surface area contributed by atoms with Crippen molar-refractivity contribution in [1.82, 2.24) is 0 Å². The summed E-state index contributed by atoms with van der Waals surface area (Å²) < 4.78 is 9.99. The Hall–Kier alpha value is -3.14. The first-order valence-electron chi connectivity index (χ1n) is 7.48. The van der Waals surface area contributed by atoms with Crippen molar-refractivity contribution in [3.05, 3.63) is 82.4 Å². The second kappa shape index (κ2) is 6.54. The van der Waals surface area contributed by atoms with E-state index < -0.39 is 5.97 Å². The maximum Gasteiger partial charge on any atom is 0.343 e. The normalized spacial score (nSPS) is 15.2. The van der Waals surface area contributed by atoms with Crippen molar-refractivity contribution in [2.45, 2.75) is 6.92 Å². The van der Waals surface area contributed by atoms with Gasteiger partial charge in [0.05, 0.1) is 18.2 Å². The Morgan fingerprint density at radius 2 is 1.71 bits per heavy atom. The van der Waals surface area contributed by atoms with Crippen LogP contribution in [0.5, 0.6) is 0 Å². The van der Waals surface area contributed by atoms with Gasteiger partial charge in [0.1, 0.15) is 5.76 Å². The van der Waals surface area contributed by atoms with Gasteiger partial charge in [0.15, 0.2) is 0 Å². The Morgan fingerprint density at radius 1 is 1.04 bits per heavy atom. The van der Waals surface area contributed by atoms with Gasteiger partial charge in [-0.2, -0.15) is 0 Å². The summed E-state index contributed by atoms with van der Waals surface area (Å²) in [6.45, 7) is 2.00. The van der Waals surface area contributed by atoms with Crippen molar-refractivity contribution in [2.75, 3.05) is 7.11 Å². The Bertz CT molecular complexity index is 840. The van der Waals surface area contributed by atoms with E-state index >= 15 is 0 Å². The summed E-state index contributed by atoms with van der Waals surface area (Å²) in [7, 11) is 1.34. The number of ether oxygens (including phenoxy) is 2. The Labute approximate surface area is 140 Å². The van der Waals surface area contributed by atoms with Crippen LogP contribution in [0.15, 0.2) is 60.2 Å². The monoisotopic (exact) mass is 320 g/mol. The smallest absolute Gasteiger partial charge is 0.343 e. The van der Waals surface area contributed by atoms with Gasteiger partial charge in [-0.05, 0) is 36.8 Å². The van der Waals surface area contributed by atoms with Gasteiger partial charge < -0.3 is 9.47 Å². The van der Waals surface area contributed by atoms with Gasteiger partial charge >= 0.3 is 11.9 Å². The van der Waals surface area contributed by atoms with E-state index in [9.17, 15) is 9.59 Å². The third kappa shape index (κ3) is 3.27. The van der Waals surface area contributed by atoms with Gasteiger partial charge in [-0.25, -0.2) is 9.59 Å². The highest BCUT2D eigenvalue weighted by atomic mass is 16.5. The molecular formula is C20H16O4. The summed E-state index contributed by atoms with van der Waals surface area (Å²) in [4.78, 5) is 23.5. The van der Waals surface area contributed by atoms with Crippen molar-refractivity contribution in [3.8, 4) is 0 Å². The van der Waals surface area contributed by atoms with Crippen LogP contribution in [0.2, 0.25) is 0 Å². The molecule has 0 aliphatic carbocycles. The summed E-state index contributed by atoms with van der Waals surface area (Å²) in [5, 5.41) is 0. The van der Waals surface area contributed by atoms with Crippen LogP contribution in [0.4, 0.5) is 0 Å². The first kappa shape index (κ1) is 15.7. The van der Waals surface area contributed by atoms with Gasteiger partial charge in [0, 0.05) is 5.56 Å². The number of methoxy groups -OCH3 is 1. The molecule has 0 saturated carbocycles. The van der Waals surface area contributed by atoms with Crippen molar-refractivity contribution in [2.24, 2.45) is 0 Å². The van der Waals surface area contributed by atoms with Crippen LogP contribution >= 0.6 is 0 Å². The van der Waals surface area contributed by atoms with E-state index in [1.54, 1.807) is 36.4 Å². The molecule has 24 heavy (non-hydrogen) atoms. The number of hydrogen-bond acceptors (Lipinski definition) is 4. The van der Waals surface area contributed by atoms with Crippen molar-refractivity contribution >= 4 is 23.8 Å². The molecule has 0 fully saturated rings. The highest BCUT2D eigenvalue weighted by Gasteiger charge is 2.21. The fraction of sp³-hybridized carbons (Fsp3) is 0.100. The molecule has 1 heterocycles.